The molecule has 0 aliphatic carbocycles. The summed E-state index contributed by atoms with van der Waals surface area (Å²) in [6, 6.07) is 0. The highest BCUT2D eigenvalue weighted by Gasteiger charge is 2.66. The van der Waals surface area contributed by atoms with Gasteiger partial charge in [0.05, 0.1) is 30.1 Å². The summed E-state index contributed by atoms with van der Waals surface area (Å²) in [5.74, 6) is -6.93. The number of Topliss-reactive ketones (excluding diaryl/α,β-unsaturated/α-hetero) is 1. The molecule has 0 saturated carbocycles. The van der Waals surface area contributed by atoms with E-state index in [4.69, 9.17) is 13.9 Å². The average molecular weight is 523 g/mol. The average Bonchev–Trinajstić information content (AvgIpc) is 2.88. The molecule has 0 unspecified atom stereocenters. The minimum absolute atomic E-state index is 0.110. The first-order valence-electron chi connectivity index (χ1n) is 13.7. The van der Waals surface area contributed by atoms with Crippen molar-refractivity contribution in [2.24, 2.45) is 29.6 Å². The number of aliphatic hydroxyl groups excluding tert-OH is 2. The van der Waals surface area contributed by atoms with Crippen LogP contribution in [0, 0.1) is 43.4 Å². The van der Waals surface area contributed by atoms with Crippen LogP contribution < -0.4 is 5.43 Å². The van der Waals surface area contributed by atoms with Crippen LogP contribution in [0.2, 0.25) is 0 Å². The van der Waals surface area contributed by atoms with Crippen molar-refractivity contribution in [1.29, 1.82) is 0 Å². The Morgan fingerprint density at radius 3 is 2.14 bits per heavy atom. The van der Waals surface area contributed by atoms with Gasteiger partial charge in [-0.1, -0.05) is 55.4 Å². The number of hydrogen-bond acceptors (Lipinski definition) is 8. The monoisotopic (exact) mass is 522 g/mol. The predicted octanol–water partition coefficient (Wildman–Crippen LogP) is 3.62. The molecule has 0 bridgehead atoms. The number of aryl methyl sites for hydroxylation is 1. The molecule has 0 amide bonds. The fourth-order valence-corrected chi connectivity index (χ4v) is 6.52. The number of ketones is 1. The van der Waals surface area contributed by atoms with Crippen LogP contribution >= 0.6 is 0 Å². The molecule has 210 valence electrons. The van der Waals surface area contributed by atoms with E-state index < -0.39 is 59.5 Å². The topological polar surface area (TPSA) is 126 Å². The number of aliphatic hydroxyl groups is 3. The van der Waals surface area contributed by atoms with E-state index in [2.05, 4.69) is 0 Å². The number of carbonyl (C=O) groups is 1. The first kappa shape index (κ1) is 30.0. The normalized spacial score (nSPS) is 39.0. The lowest BCUT2D eigenvalue weighted by Crippen LogP contribution is -2.72. The van der Waals surface area contributed by atoms with Crippen molar-refractivity contribution in [1.82, 2.24) is 0 Å². The van der Waals surface area contributed by atoms with Crippen molar-refractivity contribution in [2.45, 2.75) is 118 Å². The fraction of sp³-hybridized carbons (Fsp3) is 0.793. The molecule has 3 heterocycles. The zero-order valence-electron chi connectivity index (χ0n) is 24.0. The van der Waals surface area contributed by atoms with E-state index in [0.717, 1.165) is 0 Å². The van der Waals surface area contributed by atoms with Crippen LogP contribution in [0.4, 0.5) is 0 Å². The summed E-state index contributed by atoms with van der Waals surface area (Å²) in [5.41, 5.74) is 0.739. The standard InChI is InChI=1S/C29H46O8/c1-11-21(30)13(3)26-16(6)24(32)18(8)29(36-26)19(9)25(33)17(7)28(34,37-29)20(10)27-15(5)23(31)14(4)22(12-2)35-27/h13,16-21,25-26,30,33-34H,11-12H2,1-10H3/t13-,16-,17-,18+,19+,20-,21-,25+,26+,28-,29-/m0/s1. The van der Waals surface area contributed by atoms with E-state index >= 15 is 0 Å². The summed E-state index contributed by atoms with van der Waals surface area (Å²) in [4.78, 5) is 26.5. The van der Waals surface area contributed by atoms with Gasteiger partial charge in [-0.15, -0.1) is 0 Å². The summed E-state index contributed by atoms with van der Waals surface area (Å²) < 4.78 is 19.3. The number of hydrogen-bond donors (Lipinski definition) is 3. The summed E-state index contributed by atoms with van der Waals surface area (Å²) >= 11 is 0. The van der Waals surface area contributed by atoms with Crippen LogP contribution in [0.25, 0.3) is 0 Å². The van der Waals surface area contributed by atoms with Crippen molar-refractivity contribution in [3.63, 3.8) is 0 Å². The Labute approximate surface area is 220 Å². The molecule has 3 rings (SSSR count). The van der Waals surface area contributed by atoms with E-state index in [1.54, 1.807) is 48.5 Å². The first-order chi connectivity index (χ1) is 17.1. The second-order valence-corrected chi connectivity index (χ2v) is 11.5. The minimum Gasteiger partial charge on any atom is -0.465 e. The van der Waals surface area contributed by atoms with E-state index in [1.165, 1.54) is 0 Å². The van der Waals surface area contributed by atoms with Crippen LogP contribution in [0.5, 0.6) is 0 Å². The molecule has 2 aliphatic heterocycles. The number of rotatable bonds is 6. The van der Waals surface area contributed by atoms with Gasteiger partial charge >= 0.3 is 0 Å². The van der Waals surface area contributed by atoms with Gasteiger partial charge in [0.15, 0.2) is 17.0 Å². The van der Waals surface area contributed by atoms with Crippen LogP contribution in [0.15, 0.2) is 9.21 Å². The lowest BCUT2D eigenvalue weighted by molar-refractivity contribution is -0.450. The van der Waals surface area contributed by atoms with Crippen molar-refractivity contribution in [3.05, 3.63) is 32.9 Å². The van der Waals surface area contributed by atoms with E-state index in [-0.39, 0.29) is 22.9 Å². The molecule has 2 fully saturated rings. The zero-order chi connectivity index (χ0) is 28.2. The molecule has 1 aromatic heterocycles. The van der Waals surface area contributed by atoms with Crippen molar-refractivity contribution >= 4 is 5.78 Å². The Hall–Kier alpha value is -1.58. The van der Waals surface area contributed by atoms with E-state index in [9.17, 15) is 24.9 Å². The summed E-state index contributed by atoms with van der Waals surface area (Å²) in [6.45, 7) is 17.6. The molecule has 2 saturated heterocycles. The molecule has 0 radical (unpaired) electrons. The molecule has 1 aromatic rings. The number of carbonyl (C=O) groups excluding carboxylic acids is 1. The third-order valence-electron chi connectivity index (χ3n) is 9.51. The van der Waals surface area contributed by atoms with Gasteiger partial charge in [0.1, 0.15) is 17.3 Å². The minimum atomic E-state index is -2.01. The maximum absolute atomic E-state index is 13.6. The van der Waals surface area contributed by atoms with Crippen LogP contribution in [-0.4, -0.2) is 51.0 Å². The Kier molecular flexibility index (Phi) is 8.53. The van der Waals surface area contributed by atoms with Crippen LogP contribution in [-0.2, 0) is 20.7 Å². The molecule has 37 heavy (non-hydrogen) atoms. The molecular weight excluding hydrogens is 476 g/mol. The second-order valence-electron chi connectivity index (χ2n) is 11.5. The maximum atomic E-state index is 13.6. The largest absolute Gasteiger partial charge is 0.465 e. The van der Waals surface area contributed by atoms with Gasteiger partial charge < -0.3 is 29.2 Å². The molecule has 8 nitrogen and oxygen atoms in total. The predicted molar refractivity (Wildman–Crippen MR) is 139 cm³/mol. The smallest absolute Gasteiger partial charge is 0.191 e. The zero-order valence-corrected chi connectivity index (χ0v) is 24.0. The van der Waals surface area contributed by atoms with Crippen molar-refractivity contribution in [2.75, 3.05) is 0 Å². The lowest BCUT2D eigenvalue weighted by Gasteiger charge is -2.60. The Morgan fingerprint density at radius 2 is 1.59 bits per heavy atom. The highest BCUT2D eigenvalue weighted by atomic mass is 16.8. The van der Waals surface area contributed by atoms with Gasteiger partial charge in [0.2, 0.25) is 0 Å². The van der Waals surface area contributed by atoms with Gasteiger partial charge in [-0.3, -0.25) is 9.59 Å². The quantitative estimate of drug-likeness (QED) is 0.517. The molecule has 11 atom stereocenters. The molecular formula is C29H46O8. The third kappa shape index (κ3) is 4.52. The molecule has 8 heteroatoms. The van der Waals surface area contributed by atoms with Crippen LogP contribution in [0.3, 0.4) is 0 Å². The first-order valence-corrected chi connectivity index (χ1v) is 13.7. The molecule has 1 spiro atoms. The Balaban J connectivity index is 2.16. The van der Waals surface area contributed by atoms with Gasteiger partial charge in [-0.25, -0.2) is 0 Å². The van der Waals surface area contributed by atoms with Gasteiger partial charge in [0, 0.05) is 41.2 Å². The van der Waals surface area contributed by atoms with Crippen molar-refractivity contribution in [3.8, 4) is 0 Å². The molecule has 2 aliphatic rings. The SMILES string of the molecule is CCc1oc([C@H](C)[C@@]2(O)O[C@]3(O[C@H]([C@@H](C)[C@@H](O)CC)[C@@H](C)C(=O)[C@H]3C)[C@H](C)[C@H](O)[C@@H]2C)c(C)c(=O)c1C. The lowest BCUT2D eigenvalue weighted by atomic mass is 9.67. The van der Waals surface area contributed by atoms with Gasteiger partial charge in [0.25, 0.3) is 0 Å². The van der Waals surface area contributed by atoms with E-state index in [0.29, 0.717) is 29.7 Å². The third-order valence-corrected chi connectivity index (χ3v) is 9.51. The van der Waals surface area contributed by atoms with Gasteiger partial charge in [-0.2, -0.15) is 0 Å². The summed E-state index contributed by atoms with van der Waals surface area (Å²) in [6.07, 6.45) is -1.45. The Bertz CT molecular complexity index is 1060. The second kappa shape index (κ2) is 10.5. The van der Waals surface area contributed by atoms with Gasteiger partial charge in [-0.05, 0) is 20.3 Å². The van der Waals surface area contributed by atoms with Crippen LogP contribution in [0.1, 0.15) is 90.4 Å². The summed E-state index contributed by atoms with van der Waals surface area (Å²) in [7, 11) is 0. The van der Waals surface area contributed by atoms with E-state index in [1.807, 2.05) is 20.8 Å². The van der Waals surface area contributed by atoms with Crippen molar-refractivity contribution < 1.29 is 34.0 Å². The number of ether oxygens (including phenoxy) is 2. The highest BCUT2D eigenvalue weighted by Crippen LogP contribution is 2.54. The Morgan fingerprint density at radius 1 is 1.00 bits per heavy atom. The fourth-order valence-electron chi connectivity index (χ4n) is 6.52. The molecule has 0 aromatic carbocycles. The molecule has 3 N–H and O–H groups in total. The maximum Gasteiger partial charge on any atom is 0.191 e. The summed E-state index contributed by atoms with van der Waals surface area (Å²) in [5, 5.41) is 34.2. The highest BCUT2D eigenvalue weighted by molar-refractivity contribution is 5.85.